The van der Waals surface area contributed by atoms with Crippen molar-refractivity contribution in [1.82, 2.24) is 15.5 Å². The van der Waals surface area contributed by atoms with Gasteiger partial charge < -0.3 is 15.5 Å². The molecule has 0 unspecified atom stereocenters. The Balaban J connectivity index is 0.00000264. The Morgan fingerprint density at radius 2 is 1.83 bits per heavy atom. The van der Waals surface area contributed by atoms with Crippen LogP contribution in [-0.4, -0.2) is 44.1 Å². The number of nitrogens with zero attached hydrogens (tertiary/aromatic N) is 2. The van der Waals surface area contributed by atoms with Crippen LogP contribution in [0.2, 0.25) is 0 Å². The van der Waals surface area contributed by atoms with E-state index in [1.54, 1.807) is 0 Å². The molecule has 0 saturated heterocycles. The van der Waals surface area contributed by atoms with Crippen LogP contribution in [0, 0.1) is 0 Å². The molecule has 2 N–H and O–H groups in total. The van der Waals surface area contributed by atoms with Crippen molar-refractivity contribution in [3.63, 3.8) is 0 Å². The van der Waals surface area contributed by atoms with Crippen molar-refractivity contribution in [2.75, 3.05) is 27.2 Å². The summed E-state index contributed by atoms with van der Waals surface area (Å²) in [6.07, 6.45) is 6.92. The van der Waals surface area contributed by atoms with Crippen molar-refractivity contribution in [3.05, 3.63) is 35.9 Å². The Morgan fingerprint density at radius 3 is 2.48 bits per heavy atom. The number of nitrogens with one attached hydrogen (secondary N) is 2. The molecule has 130 valence electrons. The number of hydrogen-bond acceptors (Lipinski definition) is 2. The highest BCUT2D eigenvalue weighted by atomic mass is 127. The molecule has 1 aliphatic carbocycles. The average molecular weight is 430 g/mol. The molecule has 1 fully saturated rings. The van der Waals surface area contributed by atoms with Gasteiger partial charge in [0.1, 0.15) is 0 Å². The maximum Gasteiger partial charge on any atom is 0.191 e. The van der Waals surface area contributed by atoms with E-state index in [4.69, 9.17) is 0 Å². The van der Waals surface area contributed by atoms with Crippen molar-refractivity contribution >= 4 is 29.9 Å². The van der Waals surface area contributed by atoms with Crippen molar-refractivity contribution in [2.45, 2.75) is 44.7 Å². The van der Waals surface area contributed by atoms with Gasteiger partial charge in [0.25, 0.3) is 0 Å². The lowest BCUT2D eigenvalue weighted by atomic mass is 9.94. The molecule has 23 heavy (non-hydrogen) atoms. The number of halogens is 1. The number of rotatable bonds is 6. The van der Waals surface area contributed by atoms with Crippen LogP contribution in [0.25, 0.3) is 0 Å². The van der Waals surface area contributed by atoms with Crippen molar-refractivity contribution in [3.8, 4) is 0 Å². The van der Waals surface area contributed by atoms with E-state index in [0.29, 0.717) is 0 Å². The Bertz CT molecular complexity index is 444. The summed E-state index contributed by atoms with van der Waals surface area (Å²) in [5.74, 6) is 0.876. The highest BCUT2D eigenvalue weighted by molar-refractivity contribution is 14.0. The van der Waals surface area contributed by atoms with E-state index >= 15 is 0 Å². The number of hydrogen-bond donors (Lipinski definition) is 2. The fourth-order valence-corrected chi connectivity index (χ4v) is 3.06. The third-order valence-electron chi connectivity index (χ3n) is 4.48. The van der Waals surface area contributed by atoms with Gasteiger partial charge in [-0.3, -0.25) is 4.99 Å². The predicted molar refractivity (Wildman–Crippen MR) is 110 cm³/mol. The second kappa shape index (κ2) is 11.7. The lowest BCUT2D eigenvalue weighted by Gasteiger charge is -2.31. The highest BCUT2D eigenvalue weighted by Crippen LogP contribution is 2.21. The molecule has 2 rings (SSSR count). The van der Waals surface area contributed by atoms with Crippen molar-refractivity contribution in [2.24, 2.45) is 4.99 Å². The summed E-state index contributed by atoms with van der Waals surface area (Å²) in [5, 5.41) is 6.77. The van der Waals surface area contributed by atoms with Gasteiger partial charge in [0.15, 0.2) is 5.96 Å². The fraction of sp³-hybridized carbons (Fsp3) is 0.611. The van der Waals surface area contributed by atoms with Gasteiger partial charge in [-0.1, -0.05) is 49.6 Å². The SMILES string of the molecule is CN=C(NCCN(C)C1CCCCC1)NCc1ccccc1.I. The van der Waals surface area contributed by atoms with E-state index < -0.39 is 0 Å². The van der Waals surface area contributed by atoms with Gasteiger partial charge in [-0.15, -0.1) is 24.0 Å². The summed E-state index contributed by atoms with van der Waals surface area (Å²) < 4.78 is 0. The van der Waals surface area contributed by atoms with Crippen LogP contribution in [0.4, 0.5) is 0 Å². The third-order valence-corrected chi connectivity index (χ3v) is 4.48. The third kappa shape index (κ3) is 7.52. The first-order chi connectivity index (χ1) is 10.8. The van der Waals surface area contributed by atoms with Gasteiger partial charge >= 0.3 is 0 Å². The predicted octanol–water partition coefficient (Wildman–Crippen LogP) is 3.23. The van der Waals surface area contributed by atoms with Crippen molar-refractivity contribution in [1.29, 1.82) is 0 Å². The molecule has 1 aromatic carbocycles. The highest BCUT2D eigenvalue weighted by Gasteiger charge is 2.17. The molecule has 1 aromatic rings. The van der Waals surface area contributed by atoms with Gasteiger partial charge in [-0.05, 0) is 25.5 Å². The minimum atomic E-state index is 0. The van der Waals surface area contributed by atoms with Gasteiger partial charge in [0.2, 0.25) is 0 Å². The molecule has 0 atom stereocenters. The van der Waals surface area contributed by atoms with E-state index in [-0.39, 0.29) is 24.0 Å². The van der Waals surface area contributed by atoms with Crippen LogP contribution in [-0.2, 0) is 6.54 Å². The first-order valence-corrected chi connectivity index (χ1v) is 8.48. The summed E-state index contributed by atoms with van der Waals surface area (Å²) in [5.41, 5.74) is 1.27. The van der Waals surface area contributed by atoms with E-state index in [1.165, 1.54) is 37.7 Å². The Labute approximate surface area is 158 Å². The zero-order chi connectivity index (χ0) is 15.6. The van der Waals surface area contributed by atoms with E-state index in [0.717, 1.165) is 31.6 Å². The van der Waals surface area contributed by atoms with Crippen LogP contribution >= 0.6 is 24.0 Å². The number of likely N-dealkylation sites (N-methyl/N-ethyl adjacent to an activating group) is 1. The Kier molecular flexibility index (Phi) is 10.3. The lowest BCUT2D eigenvalue weighted by Crippen LogP contribution is -2.43. The smallest absolute Gasteiger partial charge is 0.191 e. The molecule has 0 spiro atoms. The van der Waals surface area contributed by atoms with Gasteiger partial charge in [0, 0.05) is 32.7 Å². The molecular weight excluding hydrogens is 399 g/mol. The fourth-order valence-electron chi connectivity index (χ4n) is 3.06. The number of aliphatic imine (C=N–C) groups is 1. The van der Waals surface area contributed by atoms with Crippen LogP contribution in [0.15, 0.2) is 35.3 Å². The van der Waals surface area contributed by atoms with Gasteiger partial charge in [-0.2, -0.15) is 0 Å². The maximum absolute atomic E-state index is 4.29. The quantitative estimate of drug-likeness (QED) is 0.414. The molecule has 0 aliphatic heterocycles. The maximum atomic E-state index is 4.29. The molecule has 1 aliphatic rings. The summed E-state index contributed by atoms with van der Waals surface area (Å²) in [6.45, 7) is 2.80. The normalized spacial score (nSPS) is 16.0. The van der Waals surface area contributed by atoms with Gasteiger partial charge in [-0.25, -0.2) is 0 Å². The Morgan fingerprint density at radius 1 is 1.13 bits per heavy atom. The van der Waals surface area contributed by atoms with Crippen LogP contribution < -0.4 is 10.6 Å². The Hall–Kier alpha value is -0.820. The second-order valence-electron chi connectivity index (χ2n) is 6.11. The largest absolute Gasteiger partial charge is 0.355 e. The van der Waals surface area contributed by atoms with Crippen molar-refractivity contribution < 1.29 is 0 Å². The standard InChI is InChI=1S/C18H30N4.HI/c1-19-18(21-15-16-9-5-3-6-10-16)20-13-14-22(2)17-11-7-4-8-12-17;/h3,5-6,9-10,17H,4,7-8,11-15H2,1-2H3,(H2,19,20,21);1H. The van der Waals surface area contributed by atoms with E-state index in [9.17, 15) is 0 Å². The molecule has 0 bridgehead atoms. The summed E-state index contributed by atoms with van der Waals surface area (Å²) in [7, 11) is 4.07. The zero-order valence-corrected chi connectivity index (χ0v) is 16.8. The summed E-state index contributed by atoms with van der Waals surface area (Å²) >= 11 is 0. The minimum absolute atomic E-state index is 0. The van der Waals surface area contributed by atoms with Crippen LogP contribution in [0.5, 0.6) is 0 Å². The van der Waals surface area contributed by atoms with Crippen LogP contribution in [0.1, 0.15) is 37.7 Å². The molecule has 1 saturated carbocycles. The van der Waals surface area contributed by atoms with Gasteiger partial charge in [0.05, 0.1) is 0 Å². The molecule has 0 amide bonds. The topological polar surface area (TPSA) is 39.7 Å². The second-order valence-corrected chi connectivity index (χ2v) is 6.11. The molecule has 0 radical (unpaired) electrons. The zero-order valence-electron chi connectivity index (χ0n) is 14.4. The number of guanidine groups is 1. The average Bonchev–Trinajstić information content (AvgIpc) is 2.59. The number of benzene rings is 1. The first kappa shape index (κ1) is 20.2. The van der Waals surface area contributed by atoms with E-state index in [2.05, 4.69) is 51.8 Å². The molecule has 0 heterocycles. The first-order valence-electron chi connectivity index (χ1n) is 8.48. The minimum Gasteiger partial charge on any atom is -0.355 e. The van der Waals surface area contributed by atoms with Crippen LogP contribution in [0.3, 0.4) is 0 Å². The molecular formula is C18H31IN4. The summed E-state index contributed by atoms with van der Waals surface area (Å²) in [4.78, 5) is 6.79. The summed E-state index contributed by atoms with van der Waals surface area (Å²) in [6, 6.07) is 11.2. The molecule has 0 aromatic heterocycles. The lowest BCUT2D eigenvalue weighted by molar-refractivity contribution is 0.194. The molecule has 4 nitrogen and oxygen atoms in total. The van der Waals surface area contributed by atoms with E-state index in [1.807, 2.05) is 13.1 Å². The molecule has 5 heteroatoms. The monoisotopic (exact) mass is 430 g/mol.